The van der Waals surface area contributed by atoms with Gasteiger partial charge in [0.05, 0.1) is 18.3 Å². The van der Waals surface area contributed by atoms with Crippen LogP contribution in [-0.4, -0.2) is 11.0 Å². The molecule has 1 unspecified atom stereocenters. The molecular formula is C16H18FN3O2. The second-order valence-electron chi connectivity index (χ2n) is 5.35. The highest BCUT2D eigenvalue weighted by Crippen LogP contribution is 2.31. The molecule has 1 aromatic carbocycles. The van der Waals surface area contributed by atoms with Crippen LogP contribution in [-0.2, 0) is 19.4 Å². The number of hydrogen-bond acceptors (Lipinski definition) is 3. The number of oxazole rings is 1. The van der Waals surface area contributed by atoms with E-state index in [0.29, 0.717) is 18.1 Å². The second-order valence-corrected chi connectivity index (χ2v) is 5.35. The van der Waals surface area contributed by atoms with E-state index in [0.717, 1.165) is 30.4 Å². The van der Waals surface area contributed by atoms with Crippen molar-refractivity contribution >= 4 is 6.03 Å². The second kappa shape index (κ2) is 6.17. The molecule has 0 saturated heterocycles. The minimum atomic E-state index is -0.289. The summed E-state index contributed by atoms with van der Waals surface area (Å²) in [5.74, 6) is 0.375. The number of carbonyl (C=O) groups is 1. The van der Waals surface area contributed by atoms with Gasteiger partial charge in [0.25, 0.3) is 0 Å². The Labute approximate surface area is 127 Å². The number of urea groups is 1. The molecule has 0 bridgehead atoms. The van der Waals surface area contributed by atoms with Gasteiger partial charge in [-0.15, -0.1) is 0 Å². The first-order chi connectivity index (χ1) is 10.7. The van der Waals surface area contributed by atoms with Crippen LogP contribution in [0.2, 0.25) is 0 Å². The highest BCUT2D eigenvalue weighted by atomic mass is 19.1. The number of halogens is 1. The lowest BCUT2D eigenvalue weighted by molar-refractivity contribution is 0.236. The minimum absolute atomic E-state index is 0.144. The van der Waals surface area contributed by atoms with Crippen molar-refractivity contribution in [2.75, 3.05) is 0 Å². The maximum Gasteiger partial charge on any atom is 0.315 e. The number of carbonyl (C=O) groups excluding carboxylic acids is 1. The molecule has 0 radical (unpaired) electrons. The third kappa shape index (κ3) is 3.10. The molecule has 22 heavy (non-hydrogen) atoms. The van der Waals surface area contributed by atoms with Crippen LogP contribution in [0.5, 0.6) is 0 Å². The van der Waals surface area contributed by atoms with E-state index < -0.39 is 0 Å². The van der Waals surface area contributed by atoms with E-state index in [-0.39, 0.29) is 17.9 Å². The molecule has 0 aliphatic heterocycles. The molecule has 1 heterocycles. The monoisotopic (exact) mass is 303 g/mol. The largest absolute Gasteiger partial charge is 0.449 e. The number of fused-ring (bicyclic) bond motifs is 1. The number of benzene rings is 1. The smallest absolute Gasteiger partial charge is 0.315 e. The molecule has 2 amide bonds. The van der Waals surface area contributed by atoms with Gasteiger partial charge < -0.3 is 15.1 Å². The van der Waals surface area contributed by atoms with Gasteiger partial charge in [-0.05, 0) is 36.1 Å². The summed E-state index contributed by atoms with van der Waals surface area (Å²) in [6.45, 7) is 2.25. The normalized spacial score (nSPS) is 16.4. The molecule has 5 nitrogen and oxygen atoms in total. The van der Waals surface area contributed by atoms with Gasteiger partial charge in [-0.2, -0.15) is 0 Å². The molecule has 0 spiro atoms. The van der Waals surface area contributed by atoms with Crippen LogP contribution in [0.25, 0.3) is 0 Å². The highest BCUT2D eigenvalue weighted by Gasteiger charge is 2.24. The molecule has 3 rings (SSSR count). The number of nitrogens with zero attached hydrogens (tertiary/aromatic N) is 1. The molecule has 116 valence electrons. The maximum absolute atomic E-state index is 13.3. The van der Waals surface area contributed by atoms with Crippen LogP contribution < -0.4 is 10.6 Å². The first-order valence-electron chi connectivity index (χ1n) is 7.41. The summed E-state index contributed by atoms with van der Waals surface area (Å²) in [4.78, 5) is 16.2. The third-order valence-electron chi connectivity index (χ3n) is 3.82. The lowest BCUT2D eigenvalue weighted by Crippen LogP contribution is -2.37. The molecule has 6 heteroatoms. The first-order valence-corrected chi connectivity index (χ1v) is 7.41. The number of amides is 2. The van der Waals surface area contributed by atoms with Gasteiger partial charge in [-0.1, -0.05) is 13.0 Å². The van der Waals surface area contributed by atoms with Gasteiger partial charge in [-0.25, -0.2) is 14.2 Å². The van der Waals surface area contributed by atoms with Gasteiger partial charge in [0.15, 0.2) is 5.89 Å². The summed E-state index contributed by atoms with van der Waals surface area (Å²) >= 11 is 0. The van der Waals surface area contributed by atoms with Crippen molar-refractivity contribution in [3.63, 3.8) is 0 Å². The number of hydrogen-bond donors (Lipinski definition) is 2. The van der Waals surface area contributed by atoms with Crippen LogP contribution in [0, 0.1) is 5.82 Å². The molecular weight excluding hydrogens is 285 g/mol. The summed E-state index contributed by atoms with van der Waals surface area (Å²) in [7, 11) is 0. The average molecular weight is 303 g/mol. The van der Waals surface area contributed by atoms with Crippen LogP contribution >= 0.6 is 0 Å². The van der Waals surface area contributed by atoms with Gasteiger partial charge in [0.1, 0.15) is 12.1 Å². The van der Waals surface area contributed by atoms with E-state index in [1.54, 1.807) is 12.3 Å². The molecule has 1 aliphatic carbocycles. The predicted octanol–water partition coefficient (Wildman–Crippen LogP) is 2.86. The summed E-state index contributed by atoms with van der Waals surface area (Å²) in [6, 6.07) is 4.30. The topological polar surface area (TPSA) is 67.2 Å². The maximum atomic E-state index is 13.3. The van der Waals surface area contributed by atoms with Gasteiger partial charge in [0.2, 0.25) is 0 Å². The highest BCUT2D eigenvalue weighted by molar-refractivity contribution is 5.74. The molecule has 0 fully saturated rings. The van der Waals surface area contributed by atoms with Gasteiger partial charge in [-0.3, -0.25) is 0 Å². The van der Waals surface area contributed by atoms with E-state index in [9.17, 15) is 9.18 Å². The van der Waals surface area contributed by atoms with E-state index >= 15 is 0 Å². The SMILES string of the molecule is CCc1nc(CNC(=O)NC2CCc3ccc(F)cc32)co1. The van der Waals surface area contributed by atoms with Crippen LogP contribution in [0.3, 0.4) is 0 Å². The Morgan fingerprint density at radius 2 is 2.36 bits per heavy atom. The average Bonchev–Trinajstić information content (AvgIpc) is 3.12. The standard InChI is InChI=1S/C16H18FN3O2/c1-2-15-19-12(9-22-15)8-18-16(21)20-14-6-4-10-3-5-11(17)7-13(10)14/h3,5,7,9,14H,2,4,6,8H2,1H3,(H2,18,20,21). The summed E-state index contributed by atoms with van der Waals surface area (Å²) in [5, 5.41) is 5.62. The van der Waals surface area contributed by atoms with Crippen LogP contribution in [0.15, 0.2) is 28.9 Å². The zero-order valence-corrected chi connectivity index (χ0v) is 12.4. The third-order valence-corrected chi connectivity index (χ3v) is 3.82. The van der Waals surface area contributed by atoms with Crippen LogP contribution in [0.4, 0.5) is 9.18 Å². The van der Waals surface area contributed by atoms with Crippen molar-refractivity contribution in [2.45, 2.75) is 38.8 Å². The lowest BCUT2D eigenvalue weighted by Gasteiger charge is -2.14. The summed E-state index contributed by atoms with van der Waals surface area (Å²) in [6.07, 6.45) is 3.90. The summed E-state index contributed by atoms with van der Waals surface area (Å²) < 4.78 is 18.5. The first kappa shape index (κ1) is 14.6. The lowest BCUT2D eigenvalue weighted by atomic mass is 10.1. The molecule has 1 atom stereocenters. The number of rotatable bonds is 4. The number of nitrogens with one attached hydrogen (secondary N) is 2. The van der Waals surface area contributed by atoms with E-state index in [1.165, 1.54) is 12.1 Å². The van der Waals surface area contributed by atoms with Crippen LogP contribution in [0.1, 0.15) is 42.1 Å². The zero-order chi connectivity index (χ0) is 15.5. The quantitative estimate of drug-likeness (QED) is 0.912. The Hall–Kier alpha value is -2.37. The Morgan fingerprint density at radius 3 is 3.14 bits per heavy atom. The number of aromatic nitrogens is 1. The molecule has 2 aromatic rings. The Kier molecular flexibility index (Phi) is 4.09. The predicted molar refractivity (Wildman–Crippen MR) is 78.7 cm³/mol. The number of aryl methyl sites for hydroxylation is 2. The fraction of sp³-hybridized carbons (Fsp3) is 0.375. The van der Waals surface area contributed by atoms with Crippen molar-refractivity contribution in [3.8, 4) is 0 Å². The molecule has 1 aliphatic rings. The summed E-state index contributed by atoms with van der Waals surface area (Å²) in [5.41, 5.74) is 2.64. The Bertz CT molecular complexity index is 684. The molecule has 2 N–H and O–H groups in total. The van der Waals surface area contributed by atoms with Crippen molar-refractivity contribution < 1.29 is 13.6 Å². The zero-order valence-electron chi connectivity index (χ0n) is 12.4. The van der Waals surface area contributed by atoms with Crippen molar-refractivity contribution in [2.24, 2.45) is 0 Å². The van der Waals surface area contributed by atoms with Crippen molar-refractivity contribution in [1.29, 1.82) is 0 Å². The van der Waals surface area contributed by atoms with E-state index in [4.69, 9.17) is 4.42 Å². The van der Waals surface area contributed by atoms with E-state index in [2.05, 4.69) is 15.6 Å². The van der Waals surface area contributed by atoms with Gasteiger partial charge >= 0.3 is 6.03 Å². The fourth-order valence-electron chi connectivity index (χ4n) is 2.70. The Balaban J connectivity index is 1.56. The minimum Gasteiger partial charge on any atom is -0.449 e. The Morgan fingerprint density at radius 1 is 1.50 bits per heavy atom. The van der Waals surface area contributed by atoms with Crippen molar-refractivity contribution in [3.05, 3.63) is 53.0 Å². The van der Waals surface area contributed by atoms with Crippen molar-refractivity contribution in [1.82, 2.24) is 15.6 Å². The molecule has 0 saturated carbocycles. The van der Waals surface area contributed by atoms with Gasteiger partial charge in [0, 0.05) is 6.42 Å². The van der Waals surface area contributed by atoms with E-state index in [1.807, 2.05) is 6.92 Å². The fourth-order valence-corrected chi connectivity index (χ4v) is 2.70. The molecule has 1 aromatic heterocycles.